The standard InChI is InChI=1S/C22H30N4O2/c1-4-26(5-2)15-14-24-20(27)17-10-9-13-19(16-17)25-21(28)22(3,23)18-11-7-6-8-12-18/h6-13,16H,4-5,14-15,23H2,1-3H3,(H,24,27)(H,25,28). The van der Waals surface area contributed by atoms with Gasteiger partial charge in [-0.05, 0) is 43.8 Å². The SMILES string of the molecule is CCN(CC)CCNC(=O)c1cccc(NC(=O)C(C)(N)c2ccccc2)c1. The van der Waals surface area contributed by atoms with E-state index in [0.29, 0.717) is 17.8 Å². The van der Waals surface area contributed by atoms with E-state index in [-0.39, 0.29) is 11.8 Å². The molecule has 2 amide bonds. The highest BCUT2D eigenvalue weighted by atomic mass is 16.2. The minimum Gasteiger partial charge on any atom is -0.351 e. The lowest BCUT2D eigenvalue weighted by Crippen LogP contribution is -2.45. The molecule has 4 N–H and O–H groups in total. The van der Waals surface area contributed by atoms with Gasteiger partial charge >= 0.3 is 0 Å². The Morgan fingerprint density at radius 1 is 1.04 bits per heavy atom. The molecular formula is C22H30N4O2. The van der Waals surface area contributed by atoms with Crippen molar-refractivity contribution in [3.63, 3.8) is 0 Å². The number of rotatable bonds is 9. The first-order valence-corrected chi connectivity index (χ1v) is 9.65. The summed E-state index contributed by atoms with van der Waals surface area (Å²) in [7, 11) is 0. The molecule has 0 aromatic heterocycles. The van der Waals surface area contributed by atoms with Crippen LogP contribution in [0.3, 0.4) is 0 Å². The number of likely N-dealkylation sites (N-methyl/N-ethyl adjacent to an activating group) is 1. The molecule has 2 aromatic carbocycles. The topological polar surface area (TPSA) is 87.5 Å². The second-order valence-electron chi connectivity index (χ2n) is 6.89. The normalized spacial score (nSPS) is 13.0. The Labute approximate surface area is 167 Å². The van der Waals surface area contributed by atoms with E-state index in [1.807, 2.05) is 30.3 Å². The minimum atomic E-state index is -1.18. The van der Waals surface area contributed by atoms with E-state index in [0.717, 1.165) is 25.2 Å². The summed E-state index contributed by atoms with van der Waals surface area (Å²) in [6, 6.07) is 16.1. The average Bonchev–Trinajstić information content (AvgIpc) is 2.72. The van der Waals surface area contributed by atoms with E-state index < -0.39 is 5.54 Å². The van der Waals surface area contributed by atoms with Crippen molar-refractivity contribution in [1.29, 1.82) is 0 Å². The predicted octanol–water partition coefficient (Wildman–Crippen LogP) is 2.57. The number of carbonyl (C=O) groups is 2. The Morgan fingerprint density at radius 3 is 2.36 bits per heavy atom. The van der Waals surface area contributed by atoms with Gasteiger partial charge in [-0.2, -0.15) is 0 Å². The smallest absolute Gasteiger partial charge is 0.251 e. The van der Waals surface area contributed by atoms with Crippen LogP contribution in [0.15, 0.2) is 54.6 Å². The molecular weight excluding hydrogens is 352 g/mol. The van der Waals surface area contributed by atoms with E-state index in [9.17, 15) is 9.59 Å². The number of nitrogens with one attached hydrogen (secondary N) is 2. The molecule has 2 rings (SSSR count). The fourth-order valence-corrected chi connectivity index (χ4v) is 2.88. The molecule has 0 heterocycles. The Kier molecular flexibility index (Phi) is 7.72. The van der Waals surface area contributed by atoms with Gasteiger partial charge < -0.3 is 21.3 Å². The molecule has 0 aliphatic heterocycles. The Morgan fingerprint density at radius 2 is 1.71 bits per heavy atom. The molecule has 0 radical (unpaired) electrons. The van der Waals surface area contributed by atoms with Crippen molar-refractivity contribution < 1.29 is 9.59 Å². The molecule has 1 unspecified atom stereocenters. The van der Waals surface area contributed by atoms with Crippen molar-refractivity contribution in [3.05, 3.63) is 65.7 Å². The highest BCUT2D eigenvalue weighted by Gasteiger charge is 2.30. The number of nitrogens with two attached hydrogens (primary N) is 1. The largest absolute Gasteiger partial charge is 0.351 e. The first kappa shape index (κ1) is 21.6. The summed E-state index contributed by atoms with van der Waals surface area (Å²) >= 11 is 0. The number of anilines is 1. The molecule has 0 aliphatic rings. The first-order chi connectivity index (χ1) is 13.4. The van der Waals surface area contributed by atoms with Crippen molar-refractivity contribution in [3.8, 4) is 0 Å². The summed E-state index contributed by atoms with van der Waals surface area (Å²) in [6.45, 7) is 9.14. The third kappa shape index (κ3) is 5.65. The molecule has 0 saturated carbocycles. The maximum atomic E-state index is 12.7. The van der Waals surface area contributed by atoms with Gasteiger partial charge in [0.1, 0.15) is 5.54 Å². The zero-order valence-electron chi connectivity index (χ0n) is 16.9. The maximum absolute atomic E-state index is 12.7. The zero-order chi connectivity index (χ0) is 20.6. The van der Waals surface area contributed by atoms with Crippen molar-refractivity contribution in [2.24, 2.45) is 5.73 Å². The van der Waals surface area contributed by atoms with Crippen LogP contribution in [0.25, 0.3) is 0 Å². The number of amides is 2. The summed E-state index contributed by atoms with van der Waals surface area (Å²) in [6.07, 6.45) is 0. The highest BCUT2D eigenvalue weighted by Crippen LogP contribution is 2.20. The molecule has 28 heavy (non-hydrogen) atoms. The van der Waals surface area contributed by atoms with E-state index in [4.69, 9.17) is 5.73 Å². The Hall–Kier alpha value is -2.70. The van der Waals surface area contributed by atoms with Crippen LogP contribution < -0.4 is 16.4 Å². The molecule has 150 valence electrons. The monoisotopic (exact) mass is 382 g/mol. The van der Waals surface area contributed by atoms with Crippen LogP contribution in [-0.4, -0.2) is 42.9 Å². The van der Waals surface area contributed by atoms with Gasteiger partial charge in [0.15, 0.2) is 0 Å². The van der Waals surface area contributed by atoms with Crippen LogP contribution in [-0.2, 0) is 10.3 Å². The molecule has 6 nitrogen and oxygen atoms in total. The quantitative estimate of drug-likeness (QED) is 0.622. The fraction of sp³-hybridized carbons (Fsp3) is 0.364. The lowest BCUT2D eigenvalue weighted by molar-refractivity contribution is -0.120. The van der Waals surface area contributed by atoms with E-state index in [1.54, 1.807) is 31.2 Å². The molecule has 0 bridgehead atoms. The van der Waals surface area contributed by atoms with Gasteiger partial charge in [0, 0.05) is 24.3 Å². The highest BCUT2D eigenvalue weighted by molar-refractivity contribution is 6.00. The number of benzene rings is 2. The average molecular weight is 383 g/mol. The van der Waals surface area contributed by atoms with Crippen LogP contribution in [0.2, 0.25) is 0 Å². The Bertz CT molecular complexity index is 786. The predicted molar refractivity (Wildman–Crippen MR) is 113 cm³/mol. The van der Waals surface area contributed by atoms with Gasteiger partial charge in [-0.3, -0.25) is 9.59 Å². The second kappa shape index (κ2) is 10.0. The van der Waals surface area contributed by atoms with Crippen LogP contribution in [0, 0.1) is 0 Å². The number of hydrogen-bond acceptors (Lipinski definition) is 4. The summed E-state index contributed by atoms with van der Waals surface area (Å²) < 4.78 is 0. The number of nitrogens with zero attached hydrogens (tertiary/aromatic N) is 1. The van der Waals surface area contributed by atoms with E-state index in [2.05, 4.69) is 29.4 Å². The minimum absolute atomic E-state index is 0.165. The second-order valence-corrected chi connectivity index (χ2v) is 6.89. The molecule has 6 heteroatoms. The number of hydrogen-bond donors (Lipinski definition) is 3. The van der Waals surface area contributed by atoms with Gasteiger partial charge in [-0.1, -0.05) is 50.2 Å². The van der Waals surface area contributed by atoms with E-state index in [1.165, 1.54) is 0 Å². The van der Waals surface area contributed by atoms with E-state index >= 15 is 0 Å². The van der Waals surface area contributed by atoms with Gasteiger partial charge in [0.05, 0.1) is 0 Å². The zero-order valence-corrected chi connectivity index (χ0v) is 16.9. The fourth-order valence-electron chi connectivity index (χ4n) is 2.88. The number of carbonyl (C=O) groups excluding carboxylic acids is 2. The van der Waals surface area contributed by atoms with Crippen molar-refractivity contribution in [2.75, 3.05) is 31.5 Å². The van der Waals surface area contributed by atoms with Gasteiger partial charge in [0.25, 0.3) is 5.91 Å². The van der Waals surface area contributed by atoms with Crippen molar-refractivity contribution >= 4 is 17.5 Å². The van der Waals surface area contributed by atoms with Crippen LogP contribution in [0.5, 0.6) is 0 Å². The summed E-state index contributed by atoms with van der Waals surface area (Å²) in [5, 5.41) is 5.73. The van der Waals surface area contributed by atoms with Crippen molar-refractivity contribution in [1.82, 2.24) is 10.2 Å². The maximum Gasteiger partial charge on any atom is 0.251 e. The van der Waals surface area contributed by atoms with Crippen molar-refractivity contribution in [2.45, 2.75) is 26.3 Å². The van der Waals surface area contributed by atoms with Crippen LogP contribution >= 0.6 is 0 Å². The Balaban J connectivity index is 2.00. The molecule has 0 saturated heterocycles. The lowest BCUT2D eigenvalue weighted by atomic mass is 9.92. The summed E-state index contributed by atoms with van der Waals surface area (Å²) in [5.41, 5.74) is 6.83. The van der Waals surface area contributed by atoms with Gasteiger partial charge in [-0.25, -0.2) is 0 Å². The van der Waals surface area contributed by atoms with Crippen LogP contribution in [0.4, 0.5) is 5.69 Å². The first-order valence-electron chi connectivity index (χ1n) is 9.65. The summed E-state index contributed by atoms with van der Waals surface area (Å²) in [4.78, 5) is 27.3. The molecule has 0 spiro atoms. The van der Waals surface area contributed by atoms with Gasteiger partial charge in [0.2, 0.25) is 5.91 Å². The summed E-state index contributed by atoms with van der Waals surface area (Å²) in [5.74, 6) is -0.500. The van der Waals surface area contributed by atoms with Gasteiger partial charge in [-0.15, -0.1) is 0 Å². The molecule has 0 fully saturated rings. The molecule has 2 aromatic rings. The molecule has 1 atom stereocenters. The molecule has 0 aliphatic carbocycles. The lowest BCUT2D eigenvalue weighted by Gasteiger charge is -2.24. The third-order valence-corrected chi connectivity index (χ3v) is 4.84. The van der Waals surface area contributed by atoms with Crippen LogP contribution in [0.1, 0.15) is 36.7 Å². The third-order valence-electron chi connectivity index (χ3n) is 4.84.